The highest BCUT2D eigenvalue weighted by Gasteiger charge is 2.35. The molecule has 1 saturated heterocycles. The number of fused-ring (bicyclic) bond motifs is 1. The molecule has 0 unspecified atom stereocenters. The lowest BCUT2D eigenvalue weighted by molar-refractivity contribution is 0.0939. The second kappa shape index (κ2) is 8.43. The average molecular weight is 542 g/mol. The van der Waals surface area contributed by atoms with Crippen molar-refractivity contribution >= 4 is 56.4 Å². The molecular formula is C21H24FIN4O2S. The Labute approximate surface area is 192 Å². The third-order valence-electron chi connectivity index (χ3n) is 5.42. The molecule has 0 radical (unpaired) electrons. The molecule has 4 N–H and O–H groups in total. The summed E-state index contributed by atoms with van der Waals surface area (Å²) < 4.78 is 15.3. The van der Waals surface area contributed by atoms with Crippen LogP contribution in [0.5, 0.6) is 0 Å². The van der Waals surface area contributed by atoms with Crippen molar-refractivity contribution in [3.8, 4) is 0 Å². The van der Waals surface area contributed by atoms with Gasteiger partial charge in [0.1, 0.15) is 10.8 Å². The highest BCUT2D eigenvalue weighted by atomic mass is 127. The quantitative estimate of drug-likeness (QED) is 0.437. The van der Waals surface area contributed by atoms with E-state index in [-0.39, 0.29) is 22.9 Å². The number of amides is 2. The van der Waals surface area contributed by atoms with E-state index in [0.29, 0.717) is 40.9 Å². The summed E-state index contributed by atoms with van der Waals surface area (Å²) in [5, 5.41) is 12.7. The van der Waals surface area contributed by atoms with Gasteiger partial charge >= 0.3 is 0 Å². The summed E-state index contributed by atoms with van der Waals surface area (Å²) in [4.78, 5) is 26.5. The van der Waals surface area contributed by atoms with Crippen LogP contribution < -0.4 is 21.3 Å². The standard InChI is InChI=1S/C21H24FIN4O2S/c1-21(2)6-13-16(18(28)25-9-11-7-24-8-11)20(30-17(13)19(29)26-10-21)27-15-4-3-12(23)5-14(15)22/h3-5,11,24,27H,6-10H2,1-2H3,(H,25,28)(H,26,29). The number of anilines is 2. The predicted molar refractivity (Wildman–Crippen MR) is 125 cm³/mol. The summed E-state index contributed by atoms with van der Waals surface area (Å²) in [6.45, 7) is 7.01. The molecule has 0 saturated carbocycles. The Kier molecular flexibility index (Phi) is 6.04. The molecule has 2 aliphatic rings. The molecule has 1 aromatic carbocycles. The monoisotopic (exact) mass is 542 g/mol. The molecule has 0 aliphatic carbocycles. The molecule has 160 valence electrons. The lowest BCUT2D eigenvalue weighted by atomic mass is 9.85. The third-order valence-corrected chi connectivity index (χ3v) is 7.24. The van der Waals surface area contributed by atoms with E-state index in [4.69, 9.17) is 0 Å². The minimum atomic E-state index is -0.401. The first-order valence-corrected chi connectivity index (χ1v) is 11.8. The van der Waals surface area contributed by atoms with Crippen LogP contribution in [-0.2, 0) is 6.42 Å². The first kappa shape index (κ1) is 21.5. The second-order valence-electron chi connectivity index (χ2n) is 8.62. The van der Waals surface area contributed by atoms with Crippen molar-refractivity contribution in [2.24, 2.45) is 11.3 Å². The van der Waals surface area contributed by atoms with Gasteiger partial charge < -0.3 is 21.3 Å². The van der Waals surface area contributed by atoms with Crippen molar-refractivity contribution in [1.82, 2.24) is 16.0 Å². The number of carbonyl (C=O) groups excluding carboxylic acids is 2. The van der Waals surface area contributed by atoms with Crippen LogP contribution in [0.1, 0.15) is 39.4 Å². The Morgan fingerprint density at radius 2 is 2.13 bits per heavy atom. The van der Waals surface area contributed by atoms with E-state index in [1.165, 1.54) is 17.4 Å². The van der Waals surface area contributed by atoms with Crippen LogP contribution in [0, 0.1) is 20.7 Å². The van der Waals surface area contributed by atoms with Crippen LogP contribution >= 0.6 is 33.9 Å². The molecule has 1 fully saturated rings. The van der Waals surface area contributed by atoms with E-state index in [1.54, 1.807) is 12.1 Å². The van der Waals surface area contributed by atoms with Gasteiger partial charge in [0.2, 0.25) is 0 Å². The number of benzene rings is 1. The number of hydrogen-bond donors (Lipinski definition) is 4. The molecule has 9 heteroatoms. The van der Waals surface area contributed by atoms with Gasteiger partial charge in [-0.05, 0) is 58.2 Å². The maximum atomic E-state index is 14.5. The number of nitrogens with one attached hydrogen (secondary N) is 4. The summed E-state index contributed by atoms with van der Waals surface area (Å²) in [7, 11) is 0. The SMILES string of the molecule is CC1(C)CNC(=O)c2sc(Nc3ccc(I)cc3F)c(C(=O)NCC3CNC3)c2C1. The van der Waals surface area contributed by atoms with Gasteiger partial charge in [-0.25, -0.2) is 4.39 Å². The van der Waals surface area contributed by atoms with Gasteiger partial charge in [-0.2, -0.15) is 0 Å². The largest absolute Gasteiger partial charge is 0.352 e. The van der Waals surface area contributed by atoms with Crippen molar-refractivity contribution < 1.29 is 14.0 Å². The summed E-state index contributed by atoms with van der Waals surface area (Å²) in [6.07, 6.45) is 0.585. The summed E-state index contributed by atoms with van der Waals surface area (Å²) in [6, 6.07) is 4.87. The zero-order valence-corrected chi connectivity index (χ0v) is 19.8. The zero-order chi connectivity index (χ0) is 21.5. The van der Waals surface area contributed by atoms with Crippen LogP contribution in [0.3, 0.4) is 0 Å². The van der Waals surface area contributed by atoms with E-state index < -0.39 is 5.82 Å². The lowest BCUT2D eigenvalue weighted by Crippen LogP contribution is -2.48. The molecule has 0 spiro atoms. The van der Waals surface area contributed by atoms with E-state index in [1.807, 2.05) is 22.6 Å². The molecule has 2 amide bonds. The minimum absolute atomic E-state index is 0.186. The van der Waals surface area contributed by atoms with E-state index in [9.17, 15) is 14.0 Å². The second-order valence-corrected chi connectivity index (χ2v) is 10.9. The lowest BCUT2D eigenvalue weighted by Gasteiger charge is -2.27. The van der Waals surface area contributed by atoms with Gasteiger partial charge in [0, 0.05) is 35.7 Å². The summed E-state index contributed by atoms with van der Waals surface area (Å²) >= 11 is 3.26. The molecule has 1 aromatic heterocycles. The first-order chi connectivity index (χ1) is 14.2. The topological polar surface area (TPSA) is 82.3 Å². The Hall–Kier alpha value is -1.72. The van der Waals surface area contributed by atoms with Crippen molar-refractivity contribution in [3.05, 3.63) is 43.6 Å². The molecule has 0 bridgehead atoms. The fraction of sp³-hybridized carbons (Fsp3) is 0.429. The van der Waals surface area contributed by atoms with Gasteiger partial charge in [0.25, 0.3) is 11.8 Å². The molecule has 0 atom stereocenters. The zero-order valence-electron chi connectivity index (χ0n) is 16.8. The van der Waals surface area contributed by atoms with E-state index in [0.717, 1.165) is 22.2 Å². The maximum Gasteiger partial charge on any atom is 0.261 e. The normalized spacial score (nSPS) is 18.1. The van der Waals surface area contributed by atoms with Crippen LogP contribution in [0.25, 0.3) is 0 Å². The molecule has 2 aliphatic heterocycles. The average Bonchev–Trinajstić information content (AvgIpc) is 2.92. The molecule has 6 nitrogen and oxygen atoms in total. The summed E-state index contributed by atoms with van der Waals surface area (Å²) in [5.41, 5.74) is 1.27. The maximum absolute atomic E-state index is 14.5. The van der Waals surface area contributed by atoms with Crippen LogP contribution in [0.2, 0.25) is 0 Å². The Morgan fingerprint density at radius 3 is 2.80 bits per heavy atom. The van der Waals surface area contributed by atoms with Crippen LogP contribution in [-0.4, -0.2) is 38.0 Å². The molecule has 3 heterocycles. The van der Waals surface area contributed by atoms with Crippen molar-refractivity contribution in [1.29, 1.82) is 0 Å². The number of thiophene rings is 1. The number of rotatable bonds is 5. The van der Waals surface area contributed by atoms with Gasteiger partial charge in [-0.15, -0.1) is 11.3 Å². The summed E-state index contributed by atoms with van der Waals surface area (Å²) in [5.74, 6) is -0.398. The smallest absolute Gasteiger partial charge is 0.261 e. The number of carbonyl (C=O) groups is 2. The highest BCUT2D eigenvalue weighted by molar-refractivity contribution is 14.1. The minimum Gasteiger partial charge on any atom is -0.352 e. The van der Waals surface area contributed by atoms with E-state index >= 15 is 0 Å². The number of hydrogen-bond acceptors (Lipinski definition) is 5. The molecule has 30 heavy (non-hydrogen) atoms. The van der Waals surface area contributed by atoms with Crippen LogP contribution in [0.4, 0.5) is 15.1 Å². The van der Waals surface area contributed by atoms with Crippen molar-refractivity contribution in [2.45, 2.75) is 20.3 Å². The Balaban J connectivity index is 1.73. The molecule has 2 aromatic rings. The predicted octanol–water partition coefficient (Wildman–Crippen LogP) is 3.50. The highest BCUT2D eigenvalue weighted by Crippen LogP contribution is 2.40. The van der Waals surface area contributed by atoms with Crippen molar-refractivity contribution in [3.63, 3.8) is 0 Å². The van der Waals surface area contributed by atoms with Gasteiger partial charge in [0.15, 0.2) is 0 Å². The van der Waals surface area contributed by atoms with Crippen molar-refractivity contribution in [2.75, 3.05) is 31.5 Å². The van der Waals surface area contributed by atoms with Crippen LogP contribution in [0.15, 0.2) is 18.2 Å². The number of halogens is 2. The Morgan fingerprint density at radius 1 is 1.37 bits per heavy atom. The Bertz CT molecular complexity index is 1000. The molecular weight excluding hydrogens is 518 g/mol. The van der Waals surface area contributed by atoms with Gasteiger partial charge in [-0.3, -0.25) is 9.59 Å². The van der Waals surface area contributed by atoms with Gasteiger partial charge in [-0.1, -0.05) is 13.8 Å². The third kappa shape index (κ3) is 4.47. The van der Waals surface area contributed by atoms with E-state index in [2.05, 4.69) is 35.1 Å². The fourth-order valence-corrected chi connectivity index (χ4v) is 5.22. The van der Waals surface area contributed by atoms with Gasteiger partial charge in [0.05, 0.1) is 16.1 Å². The first-order valence-electron chi connectivity index (χ1n) is 9.88. The molecule has 4 rings (SSSR count). The fourth-order valence-electron chi connectivity index (χ4n) is 3.62.